The van der Waals surface area contributed by atoms with E-state index < -0.39 is 11.0 Å². The Morgan fingerprint density at radius 2 is 1.53 bits per heavy atom. The number of aliphatic hydroxyl groups excluding tert-OH is 1. The molecule has 0 saturated carbocycles. The monoisotopic (exact) mass is 444 g/mol. The summed E-state index contributed by atoms with van der Waals surface area (Å²) in [4.78, 5) is 13.3. The van der Waals surface area contributed by atoms with Crippen LogP contribution >= 0.6 is 0 Å². The fourth-order valence-electron chi connectivity index (χ4n) is 3.47. The van der Waals surface area contributed by atoms with Crippen LogP contribution in [0.4, 0.5) is 5.69 Å². The highest BCUT2D eigenvalue weighted by Crippen LogP contribution is 2.20. The third kappa shape index (κ3) is 5.41. The largest absolute Gasteiger partial charge is 0.394 e. The molecular weight excluding hydrogens is 420 g/mol. The fourth-order valence-corrected chi connectivity index (χ4v) is 4.36. The van der Waals surface area contributed by atoms with Gasteiger partial charge >= 0.3 is 0 Å². The van der Waals surface area contributed by atoms with E-state index in [0.717, 1.165) is 16.3 Å². The lowest BCUT2D eigenvalue weighted by atomic mass is 10.1. The van der Waals surface area contributed by atoms with Crippen molar-refractivity contribution < 1.29 is 14.1 Å². The van der Waals surface area contributed by atoms with E-state index in [-0.39, 0.29) is 18.6 Å². The molecule has 162 valence electrons. The molecule has 32 heavy (non-hydrogen) atoms. The molecule has 4 aromatic carbocycles. The summed E-state index contributed by atoms with van der Waals surface area (Å²) in [6.07, 6.45) is 0.549. The molecule has 4 rings (SSSR count). The van der Waals surface area contributed by atoms with Crippen molar-refractivity contribution in [2.24, 2.45) is 0 Å². The molecule has 0 bridgehead atoms. The van der Waals surface area contributed by atoms with Gasteiger partial charge in [0.2, 0.25) is 0 Å². The van der Waals surface area contributed by atoms with E-state index in [2.05, 4.69) is 10.0 Å². The average molecular weight is 445 g/mol. The number of nitrogens with one attached hydrogen (secondary N) is 2. The molecule has 0 aromatic heterocycles. The van der Waals surface area contributed by atoms with Gasteiger partial charge in [0.05, 0.1) is 17.5 Å². The number of aliphatic hydroxyl groups is 1. The number of amides is 1. The zero-order chi connectivity index (χ0) is 22.3. The minimum atomic E-state index is -1.42. The van der Waals surface area contributed by atoms with Crippen molar-refractivity contribution in [3.63, 3.8) is 0 Å². The van der Waals surface area contributed by atoms with E-state index in [1.807, 2.05) is 72.8 Å². The number of benzene rings is 4. The second-order valence-corrected chi connectivity index (χ2v) is 8.71. The Kier molecular flexibility index (Phi) is 6.94. The van der Waals surface area contributed by atoms with Gasteiger partial charge in [-0.15, -0.1) is 0 Å². The van der Waals surface area contributed by atoms with Crippen LogP contribution in [0.2, 0.25) is 0 Å². The van der Waals surface area contributed by atoms with Crippen LogP contribution in [-0.4, -0.2) is 27.9 Å². The molecule has 0 aliphatic rings. The number of carbonyl (C=O) groups is 1. The van der Waals surface area contributed by atoms with Gasteiger partial charge in [0, 0.05) is 11.3 Å². The second kappa shape index (κ2) is 10.2. The van der Waals surface area contributed by atoms with Crippen LogP contribution in [0.5, 0.6) is 0 Å². The summed E-state index contributed by atoms with van der Waals surface area (Å²) in [6.45, 7) is -0.148. The van der Waals surface area contributed by atoms with Gasteiger partial charge in [-0.1, -0.05) is 60.7 Å². The second-order valence-electron chi connectivity index (χ2n) is 7.50. The highest BCUT2D eigenvalue weighted by molar-refractivity contribution is 7.86. The van der Waals surface area contributed by atoms with Gasteiger partial charge < -0.3 is 15.1 Å². The lowest BCUT2D eigenvalue weighted by molar-refractivity contribution is 0.0916. The van der Waals surface area contributed by atoms with Gasteiger partial charge in [-0.3, -0.25) is 4.79 Å². The number of carbonyl (C=O) groups excluding carboxylic acids is 1. The molecule has 1 amide bonds. The molecule has 0 aliphatic heterocycles. The molecule has 0 fully saturated rings. The summed E-state index contributed by atoms with van der Waals surface area (Å²) in [7, 11) is -1.42. The van der Waals surface area contributed by atoms with Crippen LogP contribution < -0.4 is 10.0 Å². The van der Waals surface area contributed by atoms with Crippen molar-refractivity contribution in [2.75, 3.05) is 11.3 Å². The molecular formula is C26H24N2O3S. The van der Waals surface area contributed by atoms with Gasteiger partial charge in [0.25, 0.3) is 5.91 Å². The molecule has 0 spiro atoms. The Morgan fingerprint density at radius 1 is 0.844 bits per heavy atom. The minimum absolute atomic E-state index is 0.148. The number of anilines is 1. The Morgan fingerprint density at radius 3 is 2.25 bits per heavy atom. The first-order chi connectivity index (χ1) is 15.6. The van der Waals surface area contributed by atoms with Crippen LogP contribution in [0.25, 0.3) is 10.8 Å². The number of fused-ring (bicyclic) bond motifs is 1. The quantitative estimate of drug-likeness (QED) is 0.379. The van der Waals surface area contributed by atoms with E-state index in [4.69, 9.17) is 0 Å². The van der Waals surface area contributed by atoms with E-state index in [0.29, 0.717) is 22.6 Å². The predicted molar refractivity (Wildman–Crippen MR) is 129 cm³/mol. The lowest BCUT2D eigenvalue weighted by Crippen LogP contribution is -2.39. The van der Waals surface area contributed by atoms with Gasteiger partial charge in [-0.05, 0) is 59.2 Å². The summed E-state index contributed by atoms with van der Waals surface area (Å²) in [5.74, 6) is -0.262. The molecule has 0 saturated heterocycles. The summed E-state index contributed by atoms with van der Waals surface area (Å²) in [5.41, 5.74) is 2.16. The summed E-state index contributed by atoms with van der Waals surface area (Å²) < 4.78 is 15.7. The summed E-state index contributed by atoms with van der Waals surface area (Å²) >= 11 is 0. The van der Waals surface area contributed by atoms with Crippen molar-refractivity contribution in [1.82, 2.24) is 5.32 Å². The van der Waals surface area contributed by atoms with Crippen molar-refractivity contribution in [3.05, 3.63) is 108 Å². The van der Waals surface area contributed by atoms with E-state index in [1.165, 1.54) is 0 Å². The SMILES string of the molecule is O=C(N[C@H](CO)Cc1ccccc1)c1ccc(NS(=O)c2ccc3ccccc3c2)cc1. The van der Waals surface area contributed by atoms with Crippen molar-refractivity contribution in [3.8, 4) is 0 Å². The highest BCUT2D eigenvalue weighted by atomic mass is 32.2. The topological polar surface area (TPSA) is 78.4 Å². The highest BCUT2D eigenvalue weighted by Gasteiger charge is 2.14. The molecule has 2 atom stereocenters. The summed E-state index contributed by atoms with van der Waals surface area (Å²) in [6, 6.07) is 29.8. The average Bonchev–Trinajstić information content (AvgIpc) is 2.84. The van der Waals surface area contributed by atoms with Gasteiger partial charge in [0.1, 0.15) is 11.0 Å². The van der Waals surface area contributed by atoms with E-state index in [9.17, 15) is 14.1 Å². The van der Waals surface area contributed by atoms with E-state index >= 15 is 0 Å². The van der Waals surface area contributed by atoms with Gasteiger partial charge in [-0.2, -0.15) is 0 Å². The Hall–Kier alpha value is -3.48. The first kappa shape index (κ1) is 21.7. The maximum absolute atomic E-state index is 12.7. The first-order valence-corrected chi connectivity index (χ1v) is 11.5. The molecule has 0 radical (unpaired) electrons. The number of hydrogen-bond donors (Lipinski definition) is 3. The third-order valence-electron chi connectivity index (χ3n) is 5.17. The maximum Gasteiger partial charge on any atom is 0.251 e. The molecule has 0 heterocycles. The minimum Gasteiger partial charge on any atom is -0.394 e. The zero-order valence-corrected chi connectivity index (χ0v) is 18.2. The normalized spacial score (nSPS) is 12.8. The predicted octanol–water partition coefficient (Wildman–Crippen LogP) is 4.31. The molecule has 5 nitrogen and oxygen atoms in total. The standard InChI is InChI=1S/C26H24N2O3S/c29-18-24(16-19-6-2-1-3-7-19)27-26(30)21-10-13-23(14-11-21)28-32(31)25-15-12-20-8-4-5-9-22(20)17-25/h1-15,17,24,28-29H,16,18H2,(H,27,30)/t24-,32?/m0/s1. The molecule has 4 aromatic rings. The molecule has 3 N–H and O–H groups in total. The van der Waals surface area contributed by atoms with Gasteiger partial charge in [0.15, 0.2) is 0 Å². The third-order valence-corrected chi connectivity index (χ3v) is 6.28. The Labute approximate surface area is 189 Å². The van der Waals surface area contributed by atoms with Crippen molar-refractivity contribution in [2.45, 2.75) is 17.4 Å². The molecule has 1 unspecified atom stereocenters. The smallest absolute Gasteiger partial charge is 0.251 e. The van der Waals surface area contributed by atoms with E-state index in [1.54, 1.807) is 24.3 Å². The summed E-state index contributed by atoms with van der Waals surface area (Å²) in [5, 5.41) is 14.6. The lowest BCUT2D eigenvalue weighted by Gasteiger charge is -2.16. The van der Waals surface area contributed by atoms with Crippen molar-refractivity contribution in [1.29, 1.82) is 0 Å². The fraction of sp³-hybridized carbons (Fsp3) is 0.115. The molecule has 0 aliphatic carbocycles. The van der Waals surface area contributed by atoms with Gasteiger partial charge in [-0.25, -0.2) is 4.21 Å². The Bertz CT molecular complexity index is 1230. The van der Waals surface area contributed by atoms with Crippen LogP contribution in [0.3, 0.4) is 0 Å². The first-order valence-electron chi connectivity index (χ1n) is 10.4. The van der Waals surface area contributed by atoms with Crippen LogP contribution in [0.15, 0.2) is 102 Å². The maximum atomic E-state index is 12.7. The zero-order valence-electron chi connectivity index (χ0n) is 17.4. The van der Waals surface area contributed by atoms with Crippen LogP contribution in [0, 0.1) is 0 Å². The van der Waals surface area contributed by atoms with Crippen LogP contribution in [-0.2, 0) is 17.4 Å². The number of hydrogen-bond acceptors (Lipinski definition) is 3. The number of rotatable bonds is 8. The van der Waals surface area contributed by atoms with Crippen LogP contribution in [0.1, 0.15) is 15.9 Å². The molecule has 6 heteroatoms. The Balaban J connectivity index is 1.38. The van der Waals surface area contributed by atoms with Crippen molar-refractivity contribution >= 4 is 33.4 Å².